The number of aromatic nitrogens is 2. The Morgan fingerprint density at radius 1 is 1.40 bits per heavy atom. The van der Waals surface area contributed by atoms with Gasteiger partial charge < -0.3 is 9.47 Å². The van der Waals surface area contributed by atoms with Crippen LogP contribution in [0.25, 0.3) is 10.2 Å². The molecule has 2 atom stereocenters. The second-order valence-electron chi connectivity index (χ2n) is 9.01. The van der Waals surface area contributed by atoms with E-state index in [1.165, 1.54) is 22.0 Å². The molecule has 0 radical (unpaired) electrons. The summed E-state index contributed by atoms with van der Waals surface area (Å²) in [6.45, 7) is 6.64. The van der Waals surface area contributed by atoms with Crippen molar-refractivity contribution in [1.29, 1.82) is 0 Å². The first-order valence-electron chi connectivity index (χ1n) is 12.1. The average molecular weight is 497 g/mol. The number of carbonyl (C=O) groups excluding carboxylic acids is 1. The highest BCUT2D eigenvalue weighted by Gasteiger charge is 2.25. The van der Waals surface area contributed by atoms with E-state index in [4.69, 9.17) is 9.47 Å². The molecule has 0 fully saturated rings. The molecule has 186 valence electrons. The smallest absolute Gasteiger partial charge is 0.263 e. The maximum absolute atomic E-state index is 13.3. The summed E-state index contributed by atoms with van der Waals surface area (Å²) in [7, 11) is 1.58. The third-order valence-corrected chi connectivity index (χ3v) is 7.53. The number of thiophene rings is 1. The number of unbranched alkanes of at least 4 members (excludes halogenated alkanes) is 1. The average Bonchev–Trinajstić information content (AvgIpc) is 3.22. The molecule has 0 saturated heterocycles. The summed E-state index contributed by atoms with van der Waals surface area (Å²) < 4.78 is 12.5. The normalized spacial score (nSPS) is 16.3. The van der Waals surface area contributed by atoms with Gasteiger partial charge in [-0.3, -0.25) is 14.2 Å². The SMILES string of the molecule is CCCCOc1ccc(/C=N\NC(=O)[C@@H](C)n2cnc3sc4c(c3c2=O)CC[C@@H](C)C4)cc1OC. The molecule has 3 aromatic rings. The molecule has 4 rings (SSSR count). The largest absolute Gasteiger partial charge is 0.493 e. The fourth-order valence-corrected chi connectivity index (χ4v) is 5.56. The predicted molar refractivity (Wildman–Crippen MR) is 139 cm³/mol. The van der Waals surface area contributed by atoms with Gasteiger partial charge in [0.25, 0.3) is 11.5 Å². The molecular weight excluding hydrogens is 464 g/mol. The first-order valence-corrected chi connectivity index (χ1v) is 12.9. The molecule has 1 aliphatic carbocycles. The number of hydrazone groups is 1. The van der Waals surface area contributed by atoms with Gasteiger partial charge in [0, 0.05) is 4.88 Å². The lowest BCUT2D eigenvalue weighted by Gasteiger charge is -2.18. The number of fused-ring (bicyclic) bond motifs is 3. The van der Waals surface area contributed by atoms with E-state index in [1.54, 1.807) is 31.4 Å². The van der Waals surface area contributed by atoms with E-state index >= 15 is 0 Å². The van der Waals surface area contributed by atoms with Gasteiger partial charge in [-0.05, 0) is 67.9 Å². The lowest BCUT2D eigenvalue weighted by atomic mass is 9.89. The number of nitrogens with zero attached hydrogens (tertiary/aromatic N) is 3. The molecule has 1 N–H and O–H groups in total. The summed E-state index contributed by atoms with van der Waals surface area (Å²) in [5, 5.41) is 4.74. The molecule has 1 amide bonds. The number of hydrogen-bond donors (Lipinski definition) is 1. The van der Waals surface area contributed by atoms with Gasteiger partial charge in [-0.15, -0.1) is 11.3 Å². The van der Waals surface area contributed by atoms with Crippen molar-refractivity contribution >= 4 is 33.7 Å². The minimum absolute atomic E-state index is 0.169. The maximum Gasteiger partial charge on any atom is 0.263 e. The van der Waals surface area contributed by atoms with E-state index in [9.17, 15) is 9.59 Å². The molecule has 0 saturated carbocycles. The van der Waals surface area contributed by atoms with E-state index in [-0.39, 0.29) is 5.56 Å². The highest BCUT2D eigenvalue weighted by atomic mass is 32.1. The topological polar surface area (TPSA) is 94.8 Å². The number of rotatable bonds is 9. The van der Waals surface area contributed by atoms with Crippen molar-refractivity contribution in [3.63, 3.8) is 0 Å². The zero-order valence-electron chi connectivity index (χ0n) is 20.7. The maximum atomic E-state index is 13.3. The first kappa shape index (κ1) is 24.9. The van der Waals surface area contributed by atoms with Gasteiger partial charge in [0.15, 0.2) is 11.5 Å². The highest BCUT2D eigenvalue weighted by molar-refractivity contribution is 7.18. The Morgan fingerprint density at radius 2 is 2.23 bits per heavy atom. The Balaban J connectivity index is 1.46. The van der Waals surface area contributed by atoms with Crippen LogP contribution in [0.2, 0.25) is 0 Å². The highest BCUT2D eigenvalue weighted by Crippen LogP contribution is 2.35. The lowest BCUT2D eigenvalue weighted by molar-refractivity contribution is -0.123. The number of amides is 1. The number of carbonyl (C=O) groups is 1. The van der Waals surface area contributed by atoms with Crippen molar-refractivity contribution in [1.82, 2.24) is 15.0 Å². The van der Waals surface area contributed by atoms with Crippen molar-refractivity contribution in [2.24, 2.45) is 11.0 Å². The van der Waals surface area contributed by atoms with Gasteiger partial charge in [-0.1, -0.05) is 20.3 Å². The molecular formula is C26H32N4O4S. The van der Waals surface area contributed by atoms with Gasteiger partial charge in [-0.2, -0.15) is 5.10 Å². The number of ether oxygens (including phenoxy) is 2. The summed E-state index contributed by atoms with van der Waals surface area (Å²) in [5.41, 5.74) is 4.22. The lowest BCUT2D eigenvalue weighted by Crippen LogP contribution is -2.34. The Labute approximate surface area is 209 Å². The fourth-order valence-electron chi connectivity index (χ4n) is 4.22. The van der Waals surface area contributed by atoms with Crippen molar-refractivity contribution in [2.45, 2.75) is 58.9 Å². The number of benzene rings is 1. The van der Waals surface area contributed by atoms with E-state index in [0.717, 1.165) is 48.1 Å². The zero-order valence-corrected chi connectivity index (χ0v) is 21.5. The Hall–Kier alpha value is -3.20. The number of nitrogens with one attached hydrogen (secondary N) is 1. The monoisotopic (exact) mass is 496 g/mol. The van der Waals surface area contributed by atoms with E-state index in [1.807, 2.05) is 12.1 Å². The summed E-state index contributed by atoms with van der Waals surface area (Å²) in [6, 6.07) is 4.71. The fraction of sp³-hybridized carbons (Fsp3) is 0.462. The third kappa shape index (κ3) is 5.40. The van der Waals surface area contributed by atoms with Crippen LogP contribution < -0.4 is 20.5 Å². The van der Waals surface area contributed by atoms with Gasteiger partial charge in [0.05, 0.1) is 31.6 Å². The molecule has 2 heterocycles. The van der Waals surface area contributed by atoms with Gasteiger partial charge >= 0.3 is 0 Å². The standard InChI is InChI=1S/C26H32N4O4S/c1-5-6-11-34-20-10-8-18(13-21(20)33-4)14-28-29-24(31)17(3)30-15-27-25-23(26(30)32)19-9-7-16(2)12-22(19)35-25/h8,10,13-17H,5-7,9,11-12H2,1-4H3,(H,29,31)/b28-14-/t16-,17-/m1/s1. The predicted octanol–water partition coefficient (Wildman–Crippen LogP) is 4.48. The summed E-state index contributed by atoms with van der Waals surface area (Å²) in [5.74, 6) is 1.49. The van der Waals surface area contributed by atoms with Crippen LogP contribution in [0.5, 0.6) is 11.5 Å². The molecule has 8 nitrogen and oxygen atoms in total. The quantitative estimate of drug-likeness (QED) is 0.268. The molecule has 35 heavy (non-hydrogen) atoms. The summed E-state index contributed by atoms with van der Waals surface area (Å²) >= 11 is 1.60. The molecule has 0 unspecified atom stereocenters. The molecule has 0 aliphatic heterocycles. The molecule has 0 spiro atoms. The van der Waals surface area contributed by atoms with Gasteiger partial charge in [0.2, 0.25) is 0 Å². The minimum atomic E-state index is -0.751. The number of methoxy groups -OCH3 is 1. The van der Waals surface area contributed by atoms with E-state index in [2.05, 4.69) is 29.4 Å². The van der Waals surface area contributed by atoms with E-state index < -0.39 is 11.9 Å². The van der Waals surface area contributed by atoms with Crippen molar-refractivity contribution in [2.75, 3.05) is 13.7 Å². The van der Waals surface area contributed by atoms with Crippen LogP contribution in [-0.4, -0.2) is 35.4 Å². The summed E-state index contributed by atoms with van der Waals surface area (Å²) in [4.78, 5) is 32.5. The third-order valence-electron chi connectivity index (χ3n) is 6.37. The van der Waals surface area contributed by atoms with Crippen LogP contribution in [0.3, 0.4) is 0 Å². The van der Waals surface area contributed by atoms with Crippen molar-refractivity contribution < 1.29 is 14.3 Å². The van der Waals surface area contributed by atoms with Crippen LogP contribution in [0.4, 0.5) is 0 Å². The molecule has 9 heteroatoms. The number of aryl methyl sites for hydroxylation is 1. The second kappa shape index (κ2) is 11.0. The molecule has 1 aromatic carbocycles. The molecule has 1 aliphatic rings. The zero-order chi connectivity index (χ0) is 24.9. The first-order chi connectivity index (χ1) is 16.9. The van der Waals surface area contributed by atoms with Crippen LogP contribution in [0.15, 0.2) is 34.4 Å². The Kier molecular flexibility index (Phi) is 7.85. The van der Waals surface area contributed by atoms with Crippen molar-refractivity contribution in [3.05, 3.63) is 50.9 Å². The Morgan fingerprint density at radius 3 is 3.00 bits per heavy atom. The molecule has 0 bridgehead atoms. The minimum Gasteiger partial charge on any atom is -0.493 e. The Bertz CT molecular complexity index is 1300. The molecule has 2 aromatic heterocycles. The van der Waals surface area contributed by atoms with Gasteiger partial charge in [0.1, 0.15) is 10.9 Å². The van der Waals surface area contributed by atoms with Crippen LogP contribution >= 0.6 is 11.3 Å². The van der Waals surface area contributed by atoms with Crippen molar-refractivity contribution in [3.8, 4) is 11.5 Å². The summed E-state index contributed by atoms with van der Waals surface area (Å²) in [6.07, 6.45) is 7.95. The van der Waals surface area contributed by atoms with Crippen LogP contribution in [0, 0.1) is 5.92 Å². The van der Waals surface area contributed by atoms with Gasteiger partial charge in [-0.25, -0.2) is 10.4 Å². The van der Waals surface area contributed by atoms with Crippen LogP contribution in [-0.2, 0) is 17.6 Å². The number of hydrogen-bond acceptors (Lipinski definition) is 7. The second-order valence-corrected chi connectivity index (χ2v) is 10.1. The van der Waals surface area contributed by atoms with E-state index in [0.29, 0.717) is 29.4 Å². The van der Waals surface area contributed by atoms with Crippen LogP contribution in [0.1, 0.15) is 62.1 Å².